The maximum Gasteiger partial charge on any atom is 0.317 e. The summed E-state index contributed by atoms with van der Waals surface area (Å²) in [5.74, 6) is 2.02. The third kappa shape index (κ3) is 5.16. The number of hydrogen-bond donors (Lipinski definition) is 1. The van der Waals surface area contributed by atoms with Crippen molar-refractivity contribution in [3.63, 3.8) is 0 Å². The van der Waals surface area contributed by atoms with Crippen molar-refractivity contribution in [2.24, 2.45) is 0 Å². The minimum Gasteiger partial charge on any atom is -0.357 e. The SMILES string of the molecule is O=C(NCc1ccc(N2CCCCCC2)nc1)N1CCN(c2ccccn2)CC1. The number of carbonyl (C=O) groups excluding carboxylic acids is 1. The predicted molar refractivity (Wildman–Crippen MR) is 115 cm³/mol. The van der Waals surface area contributed by atoms with E-state index in [9.17, 15) is 4.79 Å². The lowest BCUT2D eigenvalue weighted by molar-refractivity contribution is 0.194. The van der Waals surface area contributed by atoms with Crippen LogP contribution in [0.25, 0.3) is 0 Å². The number of rotatable bonds is 4. The molecule has 2 amide bonds. The highest BCUT2D eigenvalue weighted by atomic mass is 16.2. The second kappa shape index (κ2) is 9.58. The molecule has 0 aliphatic carbocycles. The van der Waals surface area contributed by atoms with Gasteiger partial charge in [0.05, 0.1) is 0 Å². The van der Waals surface area contributed by atoms with Gasteiger partial charge >= 0.3 is 6.03 Å². The minimum atomic E-state index is -0.0118. The molecule has 2 aromatic heterocycles. The monoisotopic (exact) mass is 394 g/mol. The van der Waals surface area contributed by atoms with Crippen molar-refractivity contribution in [2.45, 2.75) is 32.2 Å². The van der Waals surface area contributed by atoms with Crippen LogP contribution in [-0.2, 0) is 6.54 Å². The smallest absolute Gasteiger partial charge is 0.317 e. The number of nitrogens with zero attached hydrogens (tertiary/aromatic N) is 5. The number of piperazine rings is 1. The van der Waals surface area contributed by atoms with Crippen molar-refractivity contribution in [1.82, 2.24) is 20.2 Å². The van der Waals surface area contributed by atoms with E-state index in [1.807, 2.05) is 29.3 Å². The summed E-state index contributed by atoms with van der Waals surface area (Å²) < 4.78 is 0. The molecule has 0 saturated carbocycles. The first-order valence-corrected chi connectivity index (χ1v) is 10.7. The Hall–Kier alpha value is -2.83. The van der Waals surface area contributed by atoms with Crippen LogP contribution in [0, 0.1) is 0 Å². The quantitative estimate of drug-likeness (QED) is 0.864. The first-order chi connectivity index (χ1) is 14.3. The minimum absolute atomic E-state index is 0.0118. The molecule has 0 unspecified atom stereocenters. The lowest BCUT2D eigenvalue weighted by atomic mass is 10.2. The zero-order chi connectivity index (χ0) is 19.9. The van der Waals surface area contributed by atoms with Gasteiger partial charge in [0.1, 0.15) is 11.6 Å². The average Bonchev–Trinajstić information content (AvgIpc) is 3.08. The van der Waals surface area contributed by atoms with Crippen LogP contribution in [-0.4, -0.2) is 60.2 Å². The molecule has 0 atom stereocenters. The van der Waals surface area contributed by atoms with Crippen molar-refractivity contribution >= 4 is 17.7 Å². The molecule has 0 aromatic carbocycles. The normalized spacial score (nSPS) is 17.7. The number of nitrogens with one attached hydrogen (secondary N) is 1. The summed E-state index contributed by atoms with van der Waals surface area (Å²) in [5, 5.41) is 3.03. The molecular formula is C22H30N6O. The lowest BCUT2D eigenvalue weighted by Gasteiger charge is -2.35. The number of hydrogen-bond acceptors (Lipinski definition) is 5. The first-order valence-electron chi connectivity index (χ1n) is 10.7. The molecule has 0 spiro atoms. The van der Waals surface area contributed by atoms with E-state index in [4.69, 9.17) is 0 Å². The van der Waals surface area contributed by atoms with Gasteiger partial charge in [0.15, 0.2) is 0 Å². The summed E-state index contributed by atoms with van der Waals surface area (Å²) in [5.41, 5.74) is 1.03. The molecule has 2 saturated heterocycles. The molecular weight excluding hydrogens is 364 g/mol. The number of pyridine rings is 2. The van der Waals surface area contributed by atoms with Gasteiger partial charge in [0.25, 0.3) is 0 Å². The van der Waals surface area contributed by atoms with Crippen molar-refractivity contribution in [3.8, 4) is 0 Å². The molecule has 0 radical (unpaired) electrons. The Balaban J connectivity index is 1.23. The van der Waals surface area contributed by atoms with Gasteiger partial charge in [-0.25, -0.2) is 14.8 Å². The second-order valence-electron chi connectivity index (χ2n) is 7.75. The molecule has 154 valence electrons. The van der Waals surface area contributed by atoms with Crippen molar-refractivity contribution < 1.29 is 4.79 Å². The first kappa shape index (κ1) is 19.5. The maximum atomic E-state index is 12.5. The zero-order valence-electron chi connectivity index (χ0n) is 17.0. The van der Waals surface area contributed by atoms with Crippen LogP contribution in [0.3, 0.4) is 0 Å². The number of amides is 2. The molecule has 4 heterocycles. The van der Waals surface area contributed by atoms with Crippen molar-refractivity contribution in [3.05, 3.63) is 48.3 Å². The van der Waals surface area contributed by atoms with E-state index < -0.39 is 0 Å². The van der Waals surface area contributed by atoms with Crippen molar-refractivity contribution in [2.75, 3.05) is 49.1 Å². The summed E-state index contributed by atoms with van der Waals surface area (Å²) >= 11 is 0. The maximum absolute atomic E-state index is 12.5. The Labute approximate surface area is 172 Å². The molecule has 4 rings (SSSR count). The fraction of sp³-hybridized carbons (Fsp3) is 0.500. The fourth-order valence-electron chi connectivity index (χ4n) is 3.98. The van der Waals surface area contributed by atoms with Crippen LogP contribution in [0.15, 0.2) is 42.7 Å². The fourth-order valence-corrected chi connectivity index (χ4v) is 3.98. The highest BCUT2D eigenvalue weighted by Gasteiger charge is 2.21. The average molecular weight is 395 g/mol. The Morgan fingerprint density at radius 1 is 0.828 bits per heavy atom. The Morgan fingerprint density at radius 3 is 2.21 bits per heavy atom. The zero-order valence-corrected chi connectivity index (χ0v) is 17.0. The van der Waals surface area contributed by atoms with E-state index in [0.717, 1.165) is 43.4 Å². The molecule has 2 aliphatic rings. The topological polar surface area (TPSA) is 64.6 Å². The molecule has 2 fully saturated rings. The van der Waals surface area contributed by atoms with E-state index in [-0.39, 0.29) is 6.03 Å². The second-order valence-corrected chi connectivity index (χ2v) is 7.75. The van der Waals surface area contributed by atoms with E-state index >= 15 is 0 Å². The molecule has 29 heavy (non-hydrogen) atoms. The Morgan fingerprint density at radius 2 is 1.55 bits per heavy atom. The van der Waals surface area contributed by atoms with Crippen LogP contribution < -0.4 is 15.1 Å². The molecule has 7 nitrogen and oxygen atoms in total. The summed E-state index contributed by atoms with van der Waals surface area (Å²) in [6, 6.07) is 10.1. The number of anilines is 2. The predicted octanol–water partition coefficient (Wildman–Crippen LogP) is 2.89. The highest BCUT2D eigenvalue weighted by molar-refractivity contribution is 5.74. The number of urea groups is 1. The van der Waals surface area contributed by atoms with E-state index in [2.05, 4.69) is 37.2 Å². The van der Waals surface area contributed by atoms with Crippen LogP contribution in [0.2, 0.25) is 0 Å². The van der Waals surface area contributed by atoms with Gasteiger partial charge in [-0.2, -0.15) is 0 Å². The van der Waals surface area contributed by atoms with Crippen LogP contribution in [0.4, 0.5) is 16.4 Å². The molecule has 2 aliphatic heterocycles. The lowest BCUT2D eigenvalue weighted by Crippen LogP contribution is -2.51. The van der Waals surface area contributed by atoms with Gasteiger partial charge in [-0.3, -0.25) is 0 Å². The Kier molecular flexibility index (Phi) is 6.44. The Bertz CT molecular complexity index is 766. The van der Waals surface area contributed by atoms with Crippen LogP contribution in [0.5, 0.6) is 0 Å². The molecule has 7 heteroatoms. The van der Waals surface area contributed by atoms with Crippen molar-refractivity contribution in [1.29, 1.82) is 0 Å². The summed E-state index contributed by atoms with van der Waals surface area (Å²) in [6.45, 7) is 5.70. The van der Waals surface area contributed by atoms with Gasteiger partial charge in [-0.15, -0.1) is 0 Å². The van der Waals surface area contributed by atoms with Gasteiger partial charge in [-0.05, 0) is 36.6 Å². The van der Waals surface area contributed by atoms with Gasteiger partial charge in [0, 0.05) is 58.2 Å². The summed E-state index contributed by atoms with van der Waals surface area (Å²) in [4.78, 5) is 28.0. The van der Waals surface area contributed by atoms with Gasteiger partial charge < -0.3 is 20.0 Å². The third-order valence-electron chi connectivity index (χ3n) is 5.72. The molecule has 0 bridgehead atoms. The number of aromatic nitrogens is 2. The van der Waals surface area contributed by atoms with E-state index in [1.54, 1.807) is 6.20 Å². The van der Waals surface area contributed by atoms with Crippen LogP contribution >= 0.6 is 0 Å². The largest absolute Gasteiger partial charge is 0.357 e. The summed E-state index contributed by atoms with van der Waals surface area (Å²) in [6.07, 6.45) is 8.81. The summed E-state index contributed by atoms with van der Waals surface area (Å²) in [7, 11) is 0. The standard InChI is InChI=1S/C22H30N6O/c29-22(28-15-13-27(14-16-28)20-7-3-4-10-23-20)25-18-19-8-9-21(24-17-19)26-11-5-1-2-6-12-26/h3-4,7-10,17H,1-2,5-6,11-16,18H2,(H,25,29). The number of carbonyl (C=O) groups is 1. The van der Waals surface area contributed by atoms with Gasteiger partial charge in [-0.1, -0.05) is 25.0 Å². The van der Waals surface area contributed by atoms with E-state index in [1.165, 1.54) is 25.7 Å². The molecule has 1 N–H and O–H groups in total. The highest BCUT2D eigenvalue weighted by Crippen LogP contribution is 2.17. The van der Waals surface area contributed by atoms with E-state index in [0.29, 0.717) is 19.6 Å². The van der Waals surface area contributed by atoms with Gasteiger partial charge in [0.2, 0.25) is 0 Å². The van der Waals surface area contributed by atoms with Crippen LogP contribution in [0.1, 0.15) is 31.2 Å². The molecule has 2 aromatic rings. The third-order valence-corrected chi connectivity index (χ3v) is 5.72.